The minimum Gasteiger partial charge on any atom is -0.370 e. The summed E-state index contributed by atoms with van der Waals surface area (Å²) in [4.78, 5) is 4.11. The second kappa shape index (κ2) is 6.42. The van der Waals surface area contributed by atoms with Gasteiger partial charge in [-0.15, -0.1) is 0 Å². The highest BCUT2D eigenvalue weighted by molar-refractivity contribution is 5.41. The Balaban J connectivity index is 1.84. The van der Waals surface area contributed by atoms with E-state index in [9.17, 15) is 13.2 Å². The molecule has 2 aromatic rings. The van der Waals surface area contributed by atoms with Crippen molar-refractivity contribution in [3.63, 3.8) is 0 Å². The summed E-state index contributed by atoms with van der Waals surface area (Å²) in [6, 6.07) is 9.51. The van der Waals surface area contributed by atoms with Crippen LogP contribution in [0, 0.1) is 0 Å². The van der Waals surface area contributed by atoms with E-state index in [1.807, 2.05) is 34.9 Å². The van der Waals surface area contributed by atoms with Crippen LogP contribution in [0.5, 0.6) is 0 Å². The molecule has 0 bridgehead atoms. The molecule has 0 spiro atoms. The van der Waals surface area contributed by atoms with E-state index in [1.54, 1.807) is 12.4 Å². The summed E-state index contributed by atoms with van der Waals surface area (Å²) in [5, 5.41) is 2.94. The maximum Gasteiger partial charge on any atom is 0.411 e. The summed E-state index contributed by atoms with van der Waals surface area (Å²) in [6.45, 7) is -1.02. The smallest absolute Gasteiger partial charge is 0.370 e. The molecular weight excluding hydrogens is 271 g/mol. The molecule has 0 unspecified atom stereocenters. The molecule has 4 nitrogen and oxygen atoms in total. The van der Waals surface area contributed by atoms with Crippen molar-refractivity contribution in [1.29, 1.82) is 0 Å². The van der Waals surface area contributed by atoms with Gasteiger partial charge in [-0.1, -0.05) is 18.2 Å². The van der Waals surface area contributed by atoms with Gasteiger partial charge in [-0.25, -0.2) is 4.98 Å². The van der Waals surface area contributed by atoms with E-state index >= 15 is 0 Å². The van der Waals surface area contributed by atoms with Crippen LogP contribution >= 0.6 is 0 Å². The first-order valence-electron chi connectivity index (χ1n) is 6.03. The molecule has 1 aromatic carbocycles. The van der Waals surface area contributed by atoms with E-state index in [0.717, 1.165) is 5.69 Å². The van der Waals surface area contributed by atoms with E-state index in [4.69, 9.17) is 0 Å². The molecule has 0 amide bonds. The third kappa shape index (κ3) is 4.27. The van der Waals surface area contributed by atoms with Crippen molar-refractivity contribution in [1.82, 2.24) is 9.55 Å². The van der Waals surface area contributed by atoms with Crippen molar-refractivity contribution < 1.29 is 17.9 Å². The molecular formula is C13H14F3N3O. The van der Waals surface area contributed by atoms with Gasteiger partial charge in [0.05, 0.1) is 6.61 Å². The molecule has 0 aliphatic carbocycles. The number of nitrogens with zero attached hydrogens (tertiary/aromatic N) is 2. The largest absolute Gasteiger partial charge is 0.411 e. The number of imidazole rings is 1. The van der Waals surface area contributed by atoms with Crippen LogP contribution in [0.1, 0.15) is 0 Å². The average Bonchev–Trinajstić information content (AvgIpc) is 2.86. The lowest BCUT2D eigenvalue weighted by molar-refractivity contribution is -0.172. The quantitative estimate of drug-likeness (QED) is 0.829. The van der Waals surface area contributed by atoms with Crippen molar-refractivity contribution in [3.05, 3.63) is 42.7 Å². The minimum absolute atomic E-state index is 0.0405. The Morgan fingerprint density at radius 1 is 1.20 bits per heavy atom. The van der Waals surface area contributed by atoms with Crippen LogP contribution in [0.3, 0.4) is 0 Å². The second-order valence-electron chi connectivity index (χ2n) is 4.05. The van der Waals surface area contributed by atoms with Gasteiger partial charge in [-0.05, 0) is 12.1 Å². The van der Waals surface area contributed by atoms with Crippen molar-refractivity contribution >= 4 is 5.95 Å². The third-order valence-electron chi connectivity index (χ3n) is 2.47. The molecule has 7 heteroatoms. The number of rotatable bonds is 6. The molecule has 0 saturated carbocycles. The van der Waals surface area contributed by atoms with Gasteiger partial charge in [0, 0.05) is 24.6 Å². The van der Waals surface area contributed by atoms with Crippen LogP contribution in [0.25, 0.3) is 5.69 Å². The number of aromatic nitrogens is 2. The van der Waals surface area contributed by atoms with Crippen molar-refractivity contribution in [3.8, 4) is 5.69 Å². The van der Waals surface area contributed by atoms with Gasteiger partial charge < -0.3 is 10.1 Å². The van der Waals surface area contributed by atoms with Gasteiger partial charge in [-0.3, -0.25) is 4.57 Å². The number of hydrogen-bond acceptors (Lipinski definition) is 3. The Morgan fingerprint density at radius 3 is 2.65 bits per heavy atom. The highest BCUT2D eigenvalue weighted by Crippen LogP contribution is 2.15. The topological polar surface area (TPSA) is 39.1 Å². The third-order valence-corrected chi connectivity index (χ3v) is 2.47. The number of para-hydroxylation sites is 1. The number of anilines is 1. The highest BCUT2D eigenvalue weighted by Gasteiger charge is 2.27. The van der Waals surface area contributed by atoms with E-state index in [-0.39, 0.29) is 13.2 Å². The van der Waals surface area contributed by atoms with E-state index in [0.29, 0.717) is 5.95 Å². The Morgan fingerprint density at radius 2 is 1.95 bits per heavy atom. The van der Waals surface area contributed by atoms with Crippen molar-refractivity contribution in [2.24, 2.45) is 0 Å². The van der Waals surface area contributed by atoms with Gasteiger partial charge in [0.1, 0.15) is 6.61 Å². The van der Waals surface area contributed by atoms with Crippen LogP contribution in [-0.4, -0.2) is 35.5 Å². The summed E-state index contributed by atoms with van der Waals surface area (Å²) in [6.07, 6.45) is -0.900. The van der Waals surface area contributed by atoms with E-state index < -0.39 is 12.8 Å². The van der Waals surface area contributed by atoms with Gasteiger partial charge in [0.15, 0.2) is 0 Å². The zero-order valence-corrected chi connectivity index (χ0v) is 10.6. The fourth-order valence-corrected chi connectivity index (χ4v) is 1.65. The van der Waals surface area contributed by atoms with Crippen LogP contribution in [-0.2, 0) is 4.74 Å². The summed E-state index contributed by atoms with van der Waals surface area (Å²) in [5.74, 6) is 0.562. The normalized spacial score (nSPS) is 11.6. The van der Waals surface area contributed by atoms with E-state index in [1.165, 1.54) is 0 Å². The maximum absolute atomic E-state index is 11.9. The lowest BCUT2D eigenvalue weighted by atomic mass is 10.3. The fourth-order valence-electron chi connectivity index (χ4n) is 1.65. The number of ether oxygens (including phenoxy) is 1. The standard InChI is InChI=1S/C13H14F3N3O/c14-13(15,16)10-20-9-7-18-12-17-6-8-19(12)11-4-2-1-3-5-11/h1-6,8H,7,9-10H2,(H,17,18). The lowest BCUT2D eigenvalue weighted by Gasteiger charge is -2.11. The van der Waals surface area contributed by atoms with Gasteiger partial charge in [0.25, 0.3) is 0 Å². The first-order chi connectivity index (χ1) is 9.56. The first kappa shape index (κ1) is 14.4. The Hall–Kier alpha value is -2.02. The number of halogens is 3. The van der Waals surface area contributed by atoms with Crippen molar-refractivity contribution in [2.45, 2.75) is 6.18 Å². The number of nitrogens with one attached hydrogen (secondary N) is 1. The summed E-state index contributed by atoms with van der Waals surface area (Å²) in [5.41, 5.74) is 0.920. The molecule has 2 rings (SSSR count). The fraction of sp³-hybridized carbons (Fsp3) is 0.308. The molecule has 0 fully saturated rings. The maximum atomic E-state index is 11.9. The van der Waals surface area contributed by atoms with Crippen LogP contribution in [0.2, 0.25) is 0 Å². The second-order valence-corrected chi connectivity index (χ2v) is 4.05. The molecule has 1 N–H and O–H groups in total. The summed E-state index contributed by atoms with van der Waals surface area (Å²) >= 11 is 0. The minimum atomic E-state index is -4.29. The van der Waals surface area contributed by atoms with Gasteiger partial charge in [-0.2, -0.15) is 13.2 Å². The number of alkyl halides is 3. The van der Waals surface area contributed by atoms with Gasteiger partial charge >= 0.3 is 6.18 Å². The predicted molar refractivity (Wildman–Crippen MR) is 68.9 cm³/mol. The molecule has 0 aliphatic heterocycles. The highest BCUT2D eigenvalue weighted by atomic mass is 19.4. The van der Waals surface area contributed by atoms with Crippen LogP contribution in [0.4, 0.5) is 19.1 Å². The molecule has 0 aliphatic rings. The monoisotopic (exact) mass is 285 g/mol. The van der Waals surface area contributed by atoms with Gasteiger partial charge in [0.2, 0.25) is 5.95 Å². The predicted octanol–water partition coefficient (Wildman–Crippen LogP) is 2.86. The zero-order valence-electron chi connectivity index (χ0n) is 10.6. The molecule has 0 saturated heterocycles. The summed E-state index contributed by atoms with van der Waals surface area (Å²) < 4.78 is 42.0. The molecule has 1 aromatic heterocycles. The van der Waals surface area contributed by atoms with E-state index in [2.05, 4.69) is 15.0 Å². The Bertz CT molecular complexity index is 525. The Kier molecular flexibility index (Phi) is 4.62. The van der Waals surface area contributed by atoms with Crippen LogP contribution in [0.15, 0.2) is 42.7 Å². The Labute approximate surface area is 114 Å². The average molecular weight is 285 g/mol. The molecule has 108 valence electrons. The summed E-state index contributed by atoms with van der Waals surface area (Å²) in [7, 11) is 0. The molecule has 20 heavy (non-hydrogen) atoms. The van der Waals surface area contributed by atoms with Crippen molar-refractivity contribution in [2.75, 3.05) is 25.1 Å². The van der Waals surface area contributed by atoms with Crippen LogP contribution < -0.4 is 5.32 Å². The molecule has 0 atom stereocenters. The number of benzene rings is 1. The lowest BCUT2D eigenvalue weighted by Crippen LogP contribution is -2.20. The number of hydrogen-bond donors (Lipinski definition) is 1. The zero-order chi connectivity index (χ0) is 14.4. The SMILES string of the molecule is FC(F)(F)COCCNc1nccn1-c1ccccc1. The molecule has 0 radical (unpaired) electrons. The molecule has 1 heterocycles. The first-order valence-corrected chi connectivity index (χ1v) is 6.03.